The molecule has 1 atom stereocenters. The van der Waals surface area contributed by atoms with Gasteiger partial charge in [0.1, 0.15) is 6.54 Å². The van der Waals surface area contributed by atoms with E-state index in [-0.39, 0.29) is 5.56 Å². The summed E-state index contributed by atoms with van der Waals surface area (Å²) in [5.74, 6) is 1.24. The van der Waals surface area contributed by atoms with Gasteiger partial charge in [-0.15, -0.1) is 5.10 Å². The van der Waals surface area contributed by atoms with E-state index in [9.17, 15) is 4.79 Å². The van der Waals surface area contributed by atoms with Crippen molar-refractivity contribution in [3.63, 3.8) is 0 Å². The van der Waals surface area contributed by atoms with Crippen molar-refractivity contribution >= 4 is 23.1 Å². The molecule has 0 saturated heterocycles. The van der Waals surface area contributed by atoms with Gasteiger partial charge in [-0.25, -0.2) is 4.98 Å². The highest BCUT2D eigenvalue weighted by molar-refractivity contribution is 7.71. The van der Waals surface area contributed by atoms with Crippen LogP contribution in [0.25, 0.3) is 10.9 Å². The molecular formula is C21H22N5O2S+. The van der Waals surface area contributed by atoms with Crippen molar-refractivity contribution in [2.24, 2.45) is 0 Å². The predicted octanol–water partition coefficient (Wildman–Crippen LogP) is 2.10. The van der Waals surface area contributed by atoms with E-state index in [0.29, 0.717) is 47.1 Å². The molecule has 2 heterocycles. The molecule has 0 saturated carbocycles. The normalized spacial score (nSPS) is 12.3. The van der Waals surface area contributed by atoms with E-state index < -0.39 is 0 Å². The molecule has 29 heavy (non-hydrogen) atoms. The van der Waals surface area contributed by atoms with E-state index in [1.807, 2.05) is 48.5 Å². The van der Waals surface area contributed by atoms with Crippen LogP contribution in [0, 0.1) is 4.84 Å². The van der Waals surface area contributed by atoms with E-state index in [0.717, 1.165) is 17.0 Å². The van der Waals surface area contributed by atoms with Gasteiger partial charge in [0.2, 0.25) is 5.89 Å². The Morgan fingerprint density at radius 3 is 2.69 bits per heavy atom. The maximum Gasteiger partial charge on any atom is 0.291 e. The summed E-state index contributed by atoms with van der Waals surface area (Å²) in [6.07, 6.45) is 0.596. The van der Waals surface area contributed by atoms with Crippen molar-refractivity contribution in [3.8, 4) is 0 Å². The molecule has 0 amide bonds. The van der Waals surface area contributed by atoms with Crippen molar-refractivity contribution < 1.29 is 9.32 Å². The van der Waals surface area contributed by atoms with Gasteiger partial charge in [-0.2, -0.15) is 4.68 Å². The average Bonchev–Trinajstić information content (AvgIpc) is 3.07. The summed E-state index contributed by atoms with van der Waals surface area (Å²) in [5.41, 5.74) is 1.70. The largest absolute Gasteiger partial charge is 0.413 e. The topological polar surface area (TPSA) is 81.2 Å². The first-order chi connectivity index (χ1) is 14.1. The molecule has 0 spiro atoms. The molecular weight excluding hydrogens is 386 g/mol. The van der Waals surface area contributed by atoms with Crippen LogP contribution in [0.3, 0.4) is 0 Å². The van der Waals surface area contributed by atoms with Gasteiger partial charge in [0.25, 0.3) is 10.4 Å². The van der Waals surface area contributed by atoms with E-state index in [2.05, 4.69) is 22.0 Å². The van der Waals surface area contributed by atoms with E-state index >= 15 is 0 Å². The number of benzene rings is 2. The number of rotatable bonds is 7. The van der Waals surface area contributed by atoms with Crippen LogP contribution < -0.4 is 10.5 Å². The number of nitrogens with zero attached hydrogens (tertiary/aromatic N) is 3. The molecule has 0 aliphatic carbocycles. The van der Waals surface area contributed by atoms with Crippen molar-refractivity contribution in [1.82, 2.24) is 19.7 Å². The maximum absolute atomic E-state index is 12.3. The third-order valence-electron chi connectivity index (χ3n) is 4.80. The second-order valence-corrected chi connectivity index (χ2v) is 7.24. The van der Waals surface area contributed by atoms with Crippen LogP contribution in [0.1, 0.15) is 24.2 Å². The zero-order valence-corrected chi connectivity index (χ0v) is 16.9. The lowest BCUT2D eigenvalue weighted by Gasteiger charge is -2.16. The van der Waals surface area contributed by atoms with Gasteiger partial charge in [0.05, 0.1) is 23.9 Å². The molecule has 0 aliphatic heterocycles. The van der Waals surface area contributed by atoms with E-state index in [1.165, 1.54) is 0 Å². The van der Waals surface area contributed by atoms with E-state index in [1.54, 1.807) is 10.7 Å². The Morgan fingerprint density at radius 2 is 1.90 bits per heavy atom. The number of fused-ring (bicyclic) bond motifs is 1. The molecule has 0 fully saturated rings. The average molecular weight is 409 g/mol. The minimum Gasteiger partial charge on any atom is -0.413 e. The zero-order valence-electron chi connectivity index (χ0n) is 16.1. The molecule has 148 valence electrons. The molecule has 4 rings (SSSR count). The summed E-state index contributed by atoms with van der Waals surface area (Å²) in [4.78, 5) is 21.3. The fraction of sp³-hybridized carbons (Fsp3) is 0.238. The fourth-order valence-electron chi connectivity index (χ4n) is 3.25. The van der Waals surface area contributed by atoms with Gasteiger partial charge < -0.3 is 14.3 Å². The molecule has 0 bridgehead atoms. The summed E-state index contributed by atoms with van der Waals surface area (Å²) in [5, 5.41) is 5.13. The van der Waals surface area contributed by atoms with Gasteiger partial charge >= 0.3 is 0 Å². The highest BCUT2D eigenvalue weighted by Crippen LogP contribution is 2.08. The van der Waals surface area contributed by atoms with Crippen LogP contribution in [0.15, 0.2) is 63.8 Å². The van der Waals surface area contributed by atoms with Crippen LogP contribution in [0.2, 0.25) is 0 Å². The number of aromatic amines is 1. The lowest BCUT2D eigenvalue weighted by molar-refractivity contribution is -0.936. The number of para-hydroxylation sites is 1. The van der Waals surface area contributed by atoms with Gasteiger partial charge in [0.15, 0.2) is 12.5 Å². The second kappa shape index (κ2) is 8.50. The number of hydrogen-bond donors (Lipinski definition) is 2. The van der Waals surface area contributed by atoms with Crippen LogP contribution >= 0.6 is 12.2 Å². The lowest BCUT2D eigenvalue weighted by atomic mass is 10.2. The number of aromatic nitrogens is 4. The van der Waals surface area contributed by atoms with Gasteiger partial charge in [-0.05, 0) is 36.8 Å². The Hall–Kier alpha value is -3.10. The van der Waals surface area contributed by atoms with Crippen LogP contribution in [-0.4, -0.2) is 26.3 Å². The summed E-state index contributed by atoms with van der Waals surface area (Å²) in [6.45, 7) is 3.98. The van der Waals surface area contributed by atoms with Crippen LogP contribution in [0.4, 0.5) is 0 Å². The first kappa shape index (κ1) is 19.2. The molecule has 0 aliphatic rings. The fourth-order valence-corrected chi connectivity index (χ4v) is 3.45. The van der Waals surface area contributed by atoms with Crippen molar-refractivity contribution in [2.45, 2.75) is 26.6 Å². The lowest BCUT2D eigenvalue weighted by Crippen LogP contribution is -3.09. The SMILES string of the molecule is CC[NH+](Cc1nc2ccccc2c(=O)[nH]1)Cn1nc(Cc2ccccc2)oc1=S. The summed E-state index contributed by atoms with van der Waals surface area (Å²) < 4.78 is 7.37. The Labute approximate surface area is 172 Å². The standard InChI is InChI=1S/C21H21N5O2S/c1-2-25(13-18-22-17-11-7-6-10-16(17)20(27)23-18)14-26-21(29)28-19(24-26)12-15-8-4-3-5-9-15/h3-11H,2,12-14H2,1H3,(H,22,23,27)/p+1. The Morgan fingerprint density at radius 1 is 1.14 bits per heavy atom. The van der Waals surface area contributed by atoms with Gasteiger partial charge in [0, 0.05) is 0 Å². The second-order valence-electron chi connectivity index (χ2n) is 6.89. The van der Waals surface area contributed by atoms with E-state index in [4.69, 9.17) is 16.6 Å². The third kappa shape index (κ3) is 4.49. The zero-order chi connectivity index (χ0) is 20.2. The highest BCUT2D eigenvalue weighted by Gasteiger charge is 2.15. The third-order valence-corrected chi connectivity index (χ3v) is 5.09. The molecule has 2 aromatic carbocycles. The molecule has 4 aromatic rings. The minimum absolute atomic E-state index is 0.121. The quantitative estimate of drug-likeness (QED) is 0.458. The molecule has 7 nitrogen and oxygen atoms in total. The van der Waals surface area contributed by atoms with Crippen LogP contribution in [0.5, 0.6) is 0 Å². The molecule has 1 unspecified atom stereocenters. The van der Waals surface area contributed by atoms with Crippen LogP contribution in [-0.2, 0) is 19.6 Å². The molecule has 8 heteroatoms. The number of nitrogens with one attached hydrogen (secondary N) is 2. The summed E-state index contributed by atoms with van der Waals surface area (Å²) >= 11 is 5.35. The summed E-state index contributed by atoms with van der Waals surface area (Å²) in [7, 11) is 0. The highest BCUT2D eigenvalue weighted by atomic mass is 32.1. The molecule has 2 aromatic heterocycles. The first-order valence-electron chi connectivity index (χ1n) is 9.54. The minimum atomic E-state index is -0.121. The maximum atomic E-state index is 12.3. The number of quaternary nitrogens is 1. The first-order valence-corrected chi connectivity index (χ1v) is 9.95. The number of H-pyrrole nitrogens is 1. The smallest absolute Gasteiger partial charge is 0.291 e. The van der Waals surface area contributed by atoms with Crippen molar-refractivity contribution in [3.05, 3.63) is 87.1 Å². The Kier molecular flexibility index (Phi) is 5.64. The van der Waals surface area contributed by atoms with Gasteiger partial charge in [-0.3, -0.25) is 4.79 Å². The Balaban J connectivity index is 1.51. The molecule has 2 N–H and O–H groups in total. The Bertz CT molecular complexity index is 1230. The van der Waals surface area contributed by atoms with Gasteiger partial charge in [-0.1, -0.05) is 42.5 Å². The number of hydrogen-bond acceptors (Lipinski definition) is 5. The van der Waals surface area contributed by atoms with Crippen molar-refractivity contribution in [1.29, 1.82) is 0 Å². The summed E-state index contributed by atoms with van der Waals surface area (Å²) in [6, 6.07) is 17.4. The predicted molar refractivity (Wildman–Crippen MR) is 112 cm³/mol. The monoisotopic (exact) mass is 408 g/mol. The van der Waals surface area contributed by atoms with Crippen molar-refractivity contribution in [2.75, 3.05) is 6.54 Å². The molecule has 0 radical (unpaired) electrons.